The van der Waals surface area contributed by atoms with Crippen LogP contribution < -0.4 is 19.1 Å². The van der Waals surface area contributed by atoms with E-state index in [4.69, 9.17) is 14.5 Å². The summed E-state index contributed by atoms with van der Waals surface area (Å²) in [6.45, 7) is 13.9. The fraction of sp³-hybridized carbons (Fsp3) is 0.419. The molecule has 1 fully saturated rings. The molecule has 3 aromatic rings. The van der Waals surface area contributed by atoms with Crippen LogP contribution in [-0.4, -0.2) is 45.1 Å². The predicted octanol–water partition coefficient (Wildman–Crippen LogP) is 5.84. The number of pyridine rings is 1. The van der Waals surface area contributed by atoms with E-state index in [-0.39, 0.29) is 16.0 Å². The molecular formula is C31H39N3O5S. The zero-order valence-corrected chi connectivity index (χ0v) is 25.1. The first kappa shape index (κ1) is 29.4. The highest BCUT2D eigenvalue weighted by atomic mass is 32.2. The van der Waals surface area contributed by atoms with Gasteiger partial charge in [-0.2, -0.15) is 0 Å². The van der Waals surface area contributed by atoms with Crippen LogP contribution in [0.2, 0.25) is 0 Å². The number of sulfonamides is 1. The Bertz CT molecular complexity index is 1480. The SMILES string of the molecule is COc1ccc(S(=O)(=O)NC(=O)c2ccc(-c3cc(C)cc(OCC(C)C)c3)nc2N2C[C@@H](C)CC2(C)C)cc1. The molecule has 0 spiro atoms. The van der Waals surface area contributed by atoms with Gasteiger partial charge in [0.05, 0.1) is 29.9 Å². The summed E-state index contributed by atoms with van der Waals surface area (Å²) in [5.74, 6) is 1.78. The summed E-state index contributed by atoms with van der Waals surface area (Å²) in [5.41, 5.74) is 2.50. The highest BCUT2D eigenvalue weighted by Crippen LogP contribution is 2.38. The van der Waals surface area contributed by atoms with Crippen molar-refractivity contribution in [2.75, 3.05) is 25.2 Å². The fourth-order valence-electron chi connectivity index (χ4n) is 5.18. The predicted molar refractivity (Wildman–Crippen MR) is 158 cm³/mol. The first-order valence-electron chi connectivity index (χ1n) is 13.5. The Kier molecular flexibility index (Phi) is 8.44. The second-order valence-electron chi connectivity index (χ2n) is 11.6. The maximum atomic E-state index is 13.5. The van der Waals surface area contributed by atoms with E-state index < -0.39 is 15.9 Å². The number of ether oxygens (including phenoxy) is 2. The topological polar surface area (TPSA) is 97.8 Å². The lowest BCUT2D eigenvalue weighted by Crippen LogP contribution is -2.41. The third kappa shape index (κ3) is 6.58. The van der Waals surface area contributed by atoms with Crippen LogP contribution in [0.25, 0.3) is 11.3 Å². The molecule has 0 bridgehead atoms. The molecule has 9 heteroatoms. The molecule has 2 aromatic carbocycles. The lowest BCUT2D eigenvalue weighted by molar-refractivity contribution is 0.0981. The summed E-state index contributed by atoms with van der Waals surface area (Å²) < 4.78 is 39.5. The van der Waals surface area contributed by atoms with E-state index in [1.165, 1.54) is 31.4 Å². The number of nitrogens with one attached hydrogen (secondary N) is 1. The molecule has 40 heavy (non-hydrogen) atoms. The molecule has 8 nitrogen and oxygen atoms in total. The quantitative estimate of drug-likeness (QED) is 0.348. The summed E-state index contributed by atoms with van der Waals surface area (Å²) in [6, 6.07) is 15.3. The summed E-state index contributed by atoms with van der Waals surface area (Å²) in [4.78, 5) is 20.6. The van der Waals surface area contributed by atoms with Gasteiger partial charge >= 0.3 is 0 Å². The minimum Gasteiger partial charge on any atom is -0.497 e. The first-order valence-corrected chi connectivity index (χ1v) is 15.0. The van der Waals surface area contributed by atoms with Crippen LogP contribution in [0.1, 0.15) is 57.0 Å². The second kappa shape index (κ2) is 11.5. The largest absolute Gasteiger partial charge is 0.497 e. The maximum Gasteiger partial charge on any atom is 0.268 e. The van der Waals surface area contributed by atoms with Gasteiger partial charge in [-0.15, -0.1) is 0 Å². The van der Waals surface area contributed by atoms with Gasteiger partial charge < -0.3 is 14.4 Å². The molecule has 1 aliphatic rings. The Morgan fingerprint density at radius 2 is 1.80 bits per heavy atom. The molecule has 0 radical (unpaired) electrons. The second-order valence-corrected chi connectivity index (χ2v) is 13.3. The van der Waals surface area contributed by atoms with Crippen molar-refractivity contribution in [3.63, 3.8) is 0 Å². The van der Waals surface area contributed by atoms with Gasteiger partial charge in [0.1, 0.15) is 17.3 Å². The summed E-state index contributed by atoms with van der Waals surface area (Å²) in [7, 11) is -2.62. The van der Waals surface area contributed by atoms with Gasteiger partial charge in [0.2, 0.25) is 0 Å². The van der Waals surface area contributed by atoms with E-state index >= 15 is 0 Å². The maximum absolute atomic E-state index is 13.5. The molecule has 1 N–H and O–H groups in total. The monoisotopic (exact) mass is 565 g/mol. The van der Waals surface area contributed by atoms with Crippen LogP contribution in [0.4, 0.5) is 5.82 Å². The van der Waals surface area contributed by atoms with Gasteiger partial charge in [-0.05, 0) is 99.2 Å². The molecule has 1 amide bonds. The average Bonchev–Trinajstić information content (AvgIpc) is 3.17. The lowest BCUT2D eigenvalue weighted by Gasteiger charge is -2.34. The minimum absolute atomic E-state index is 0.0309. The zero-order chi connectivity index (χ0) is 29.2. The van der Waals surface area contributed by atoms with E-state index in [1.54, 1.807) is 12.1 Å². The number of nitrogens with zero attached hydrogens (tertiary/aromatic N) is 2. The van der Waals surface area contributed by atoms with Crippen molar-refractivity contribution in [1.82, 2.24) is 9.71 Å². The number of carbonyl (C=O) groups excluding carboxylic acids is 1. The highest BCUT2D eigenvalue weighted by Gasteiger charge is 2.39. The van der Waals surface area contributed by atoms with E-state index in [2.05, 4.69) is 44.2 Å². The van der Waals surface area contributed by atoms with E-state index in [0.29, 0.717) is 42.2 Å². The number of anilines is 1. The van der Waals surface area contributed by atoms with Gasteiger partial charge in [-0.25, -0.2) is 18.1 Å². The van der Waals surface area contributed by atoms with Gasteiger partial charge in [0.25, 0.3) is 15.9 Å². The fourth-order valence-corrected chi connectivity index (χ4v) is 6.15. The van der Waals surface area contributed by atoms with Crippen LogP contribution in [0.3, 0.4) is 0 Å². The normalized spacial score (nSPS) is 16.7. The number of hydrogen-bond acceptors (Lipinski definition) is 7. The minimum atomic E-state index is -4.12. The molecule has 0 saturated carbocycles. The molecule has 1 saturated heterocycles. The van der Waals surface area contributed by atoms with Crippen molar-refractivity contribution in [3.8, 4) is 22.8 Å². The summed E-state index contributed by atoms with van der Waals surface area (Å²) in [5, 5.41) is 0. The summed E-state index contributed by atoms with van der Waals surface area (Å²) in [6.07, 6.45) is 0.918. The molecule has 2 heterocycles. The molecule has 1 atom stereocenters. The Morgan fingerprint density at radius 3 is 2.40 bits per heavy atom. The first-order chi connectivity index (χ1) is 18.8. The van der Waals surface area contributed by atoms with Crippen molar-refractivity contribution in [1.29, 1.82) is 0 Å². The van der Waals surface area contributed by atoms with Crippen molar-refractivity contribution >= 4 is 21.7 Å². The zero-order valence-electron chi connectivity index (χ0n) is 24.3. The Hall–Kier alpha value is -3.59. The van der Waals surface area contributed by atoms with Gasteiger partial charge in [-0.1, -0.05) is 20.8 Å². The van der Waals surface area contributed by atoms with Crippen LogP contribution in [0.15, 0.2) is 59.5 Å². The van der Waals surface area contributed by atoms with Gasteiger partial charge in [0, 0.05) is 17.6 Å². The lowest BCUT2D eigenvalue weighted by atomic mass is 9.97. The smallest absolute Gasteiger partial charge is 0.268 e. The molecule has 1 aromatic heterocycles. The van der Waals surface area contributed by atoms with Crippen LogP contribution >= 0.6 is 0 Å². The van der Waals surface area contributed by atoms with Crippen molar-refractivity contribution < 1.29 is 22.7 Å². The number of aryl methyl sites for hydroxylation is 1. The number of aromatic nitrogens is 1. The third-order valence-electron chi connectivity index (χ3n) is 6.98. The van der Waals surface area contributed by atoms with Crippen LogP contribution in [0, 0.1) is 18.8 Å². The van der Waals surface area contributed by atoms with Crippen molar-refractivity contribution in [2.24, 2.45) is 11.8 Å². The number of methoxy groups -OCH3 is 1. The average molecular weight is 566 g/mol. The molecular weight excluding hydrogens is 526 g/mol. The number of hydrogen-bond donors (Lipinski definition) is 1. The standard InChI is InChI=1S/C31H39N3O5S/c1-20(2)19-39-25-15-21(3)14-23(16-25)28-13-12-27(29(32-28)34-18-22(4)17-31(34,5)6)30(35)33-40(36,37)26-10-8-24(38-7)9-11-26/h8-16,20,22H,17-19H2,1-7H3,(H,33,35)/t22-/m0/s1. The molecule has 0 unspecified atom stereocenters. The van der Waals surface area contributed by atoms with E-state index in [0.717, 1.165) is 23.3 Å². The van der Waals surface area contributed by atoms with Crippen molar-refractivity contribution in [2.45, 2.75) is 58.4 Å². The third-order valence-corrected chi connectivity index (χ3v) is 8.32. The van der Waals surface area contributed by atoms with Gasteiger partial charge in [-0.3, -0.25) is 4.79 Å². The number of rotatable bonds is 9. The Balaban J connectivity index is 1.74. The van der Waals surface area contributed by atoms with Crippen LogP contribution in [-0.2, 0) is 10.0 Å². The van der Waals surface area contributed by atoms with E-state index in [9.17, 15) is 13.2 Å². The van der Waals surface area contributed by atoms with Gasteiger partial charge in [0.15, 0.2) is 0 Å². The number of benzene rings is 2. The Labute approximate surface area is 237 Å². The molecule has 4 rings (SSSR count). The number of carbonyl (C=O) groups is 1. The molecule has 0 aliphatic carbocycles. The van der Waals surface area contributed by atoms with E-state index in [1.807, 2.05) is 25.1 Å². The molecule has 1 aliphatic heterocycles. The molecule has 214 valence electrons. The highest BCUT2D eigenvalue weighted by molar-refractivity contribution is 7.90. The Morgan fingerprint density at radius 1 is 1.10 bits per heavy atom. The van der Waals surface area contributed by atoms with Crippen molar-refractivity contribution in [3.05, 3.63) is 65.7 Å². The summed E-state index contributed by atoms with van der Waals surface area (Å²) >= 11 is 0. The number of amides is 1. The van der Waals surface area contributed by atoms with Crippen LogP contribution in [0.5, 0.6) is 11.5 Å².